The van der Waals surface area contributed by atoms with Gasteiger partial charge in [-0.3, -0.25) is 29.4 Å². The van der Waals surface area contributed by atoms with Crippen molar-refractivity contribution in [3.8, 4) is 0 Å². The molecule has 10 atom stereocenters. The number of benzene rings is 2. The van der Waals surface area contributed by atoms with Crippen LogP contribution in [0.15, 0.2) is 60.9 Å². The number of carbonyl (C=O) groups excluding carboxylic acids is 2. The Morgan fingerprint density at radius 3 is 1.48 bits per heavy atom. The van der Waals surface area contributed by atoms with Crippen LogP contribution in [-0.2, 0) is 9.59 Å². The minimum absolute atomic E-state index is 0.0216. The first-order valence-electron chi connectivity index (χ1n) is 22.5. The normalized spacial score (nSPS) is 27.4. The Labute approximate surface area is 344 Å². The average molecular weight is 789 g/mol. The molecule has 10 heteroatoms. The molecule has 0 radical (unpaired) electrons. The Morgan fingerprint density at radius 1 is 0.655 bits per heavy atom. The van der Waals surface area contributed by atoms with Crippen LogP contribution in [0.1, 0.15) is 127 Å². The third-order valence-corrected chi connectivity index (χ3v) is 14.5. The van der Waals surface area contributed by atoms with E-state index in [1.807, 2.05) is 48.5 Å². The second-order valence-corrected chi connectivity index (χ2v) is 17.8. The molecule has 10 nitrogen and oxygen atoms in total. The number of piperidine rings is 6. The van der Waals surface area contributed by atoms with Crippen LogP contribution in [-0.4, -0.2) is 80.1 Å². The lowest BCUT2D eigenvalue weighted by Crippen LogP contribution is -2.55. The van der Waals surface area contributed by atoms with Gasteiger partial charge in [-0.15, -0.1) is 0 Å². The summed E-state index contributed by atoms with van der Waals surface area (Å²) in [7, 11) is 0. The maximum Gasteiger partial charge on any atom is 0.224 e. The summed E-state index contributed by atoms with van der Waals surface area (Å²) in [6, 6.07) is 15.8. The number of amides is 2. The van der Waals surface area contributed by atoms with Gasteiger partial charge in [0, 0.05) is 61.2 Å². The first kappa shape index (κ1) is 40.8. The fourth-order valence-electron chi connectivity index (χ4n) is 11.2. The summed E-state index contributed by atoms with van der Waals surface area (Å²) in [6.45, 7) is 8.82. The molecule has 310 valence electrons. The molecule has 6 aliphatic rings. The fourth-order valence-corrected chi connectivity index (χ4v) is 11.2. The van der Waals surface area contributed by atoms with Crippen molar-refractivity contribution in [1.29, 1.82) is 0 Å². The van der Waals surface area contributed by atoms with Gasteiger partial charge in [-0.1, -0.05) is 76.6 Å². The molecular weight excluding hydrogens is 725 g/mol. The predicted octanol–water partition coefficient (Wildman–Crippen LogP) is 8.79. The van der Waals surface area contributed by atoms with Crippen molar-refractivity contribution in [2.45, 2.75) is 128 Å². The molecule has 2 amide bonds. The second kappa shape index (κ2) is 18.5. The lowest BCUT2D eigenvalue weighted by atomic mass is 9.72. The molecule has 2 aromatic carbocycles. The zero-order chi connectivity index (χ0) is 40.2. The topological polar surface area (TPSA) is 131 Å². The summed E-state index contributed by atoms with van der Waals surface area (Å²) in [5.41, 5.74) is 4.62. The quantitative estimate of drug-likeness (QED) is 0.0782. The van der Waals surface area contributed by atoms with E-state index in [-0.39, 0.29) is 23.9 Å². The molecule has 0 saturated carbocycles. The highest BCUT2D eigenvalue weighted by Crippen LogP contribution is 2.44. The molecule has 4 bridgehead atoms. The summed E-state index contributed by atoms with van der Waals surface area (Å²) >= 11 is 0. The first-order chi connectivity index (χ1) is 28.3. The van der Waals surface area contributed by atoms with E-state index in [1.54, 1.807) is 12.4 Å². The SMILES string of the molecule is CC[C@@H]1CN2CC[C@@H]1C[C@H]2C(O)c1ccnc2c(NC(=O)CCCCCCCCC(=O)Nc3cccc4c(C(O)[C@@H]5C[C@@H]6CCN5C[C@@H]6CC)ccnc34)cccc12. The average Bonchev–Trinajstić information content (AvgIpc) is 3.26. The maximum atomic E-state index is 13.0. The van der Waals surface area contributed by atoms with E-state index in [0.717, 1.165) is 122 Å². The number of aliphatic hydroxyl groups is 2. The van der Waals surface area contributed by atoms with Crippen LogP contribution in [0.4, 0.5) is 11.4 Å². The molecular formula is C48H64N6O4. The zero-order valence-electron chi connectivity index (χ0n) is 34.6. The Morgan fingerprint density at radius 2 is 1.09 bits per heavy atom. The number of nitrogens with zero attached hydrogens (tertiary/aromatic N) is 4. The van der Waals surface area contributed by atoms with Gasteiger partial charge in [0.1, 0.15) is 0 Å². The molecule has 2 aromatic heterocycles. The van der Waals surface area contributed by atoms with Crippen LogP contribution in [0.25, 0.3) is 21.8 Å². The lowest BCUT2D eigenvalue weighted by Gasteiger charge is -2.51. The summed E-state index contributed by atoms with van der Waals surface area (Å²) in [5, 5.41) is 31.3. The van der Waals surface area contributed by atoms with E-state index in [4.69, 9.17) is 0 Å². The highest BCUT2D eigenvalue weighted by molar-refractivity contribution is 6.02. The van der Waals surface area contributed by atoms with Crippen molar-refractivity contribution in [1.82, 2.24) is 19.8 Å². The van der Waals surface area contributed by atoms with E-state index < -0.39 is 12.2 Å². The minimum Gasteiger partial charge on any atom is -0.387 e. The molecule has 4 N–H and O–H groups in total. The van der Waals surface area contributed by atoms with Gasteiger partial charge in [0.05, 0.1) is 34.6 Å². The van der Waals surface area contributed by atoms with Crippen molar-refractivity contribution in [3.63, 3.8) is 0 Å². The second-order valence-electron chi connectivity index (χ2n) is 17.8. The molecule has 0 spiro atoms. The largest absolute Gasteiger partial charge is 0.387 e. The van der Waals surface area contributed by atoms with Crippen molar-refractivity contribution in [2.24, 2.45) is 23.7 Å². The number of hydrogen-bond acceptors (Lipinski definition) is 8. The number of nitrogens with one attached hydrogen (secondary N) is 2. The molecule has 58 heavy (non-hydrogen) atoms. The van der Waals surface area contributed by atoms with Crippen LogP contribution in [0, 0.1) is 23.7 Å². The number of unbranched alkanes of at least 4 members (excludes halogenated alkanes) is 5. The van der Waals surface area contributed by atoms with Gasteiger partial charge in [0.15, 0.2) is 0 Å². The Bertz CT molecular complexity index is 1910. The molecule has 10 rings (SSSR count). The molecule has 0 aliphatic carbocycles. The number of carbonyl (C=O) groups is 2. The summed E-state index contributed by atoms with van der Waals surface area (Å²) in [4.78, 5) is 40.3. The van der Waals surface area contributed by atoms with Crippen molar-refractivity contribution in [2.75, 3.05) is 36.8 Å². The number of aromatic nitrogens is 2. The van der Waals surface area contributed by atoms with Gasteiger partial charge in [0.25, 0.3) is 0 Å². The number of rotatable bonds is 17. The van der Waals surface area contributed by atoms with Gasteiger partial charge in [-0.2, -0.15) is 0 Å². The maximum absolute atomic E-state index is 13.0. The molecule has 8 heterocycles. The smallest absolute Gasteiger partial charge is 0.224 e. The highest BCUT2D eigenvalue weighted by atomic mass is 16.3. The van der Waals surface area contributed by atoms with E-state index in [0.29, 0.717) is 36.1 Å². The van der Waals surface area contributed by atoms with Gasteiger partial charge in [-0.25, -0.2) is 0 Å². The molecule has 6 fully saturated rings. The van der Waals surface area contributed by atoms with Crippen LogP contribution in [0.3, 0.4) is 0 Å². The van der Waals surface area contributed by atoms with Crippen molar-refractivity contribution >= 4 is 45.0 Å². The zero-order valence-corrected chi connectivity index (χ0v) is 34.6. The number of para-hydroxylation sites is 2. The number of hydrogen-bond donors (Lipinski definition) is 4. The summed E-state index contributed by atoms with van der Waals surface area (Å²) < 4.78 is 0. The Balaban J connectivity index is 0.757. The van der Waals surface area contributed by atoms with Crippen LogP contribution in [0.2, 0.25) is 0 Å². The van der Waals surface area contributed by atoms with Crippen molar-refractivity contribution < 1.29 is 19.8 Å². The van der Waals surface area contributed by atoms with Gasteiger partial charge < -0.3 is 20.8 Å². The molecule has 6 saturated heterocycles. The highest BCUT2D eigenvalue weighted by Gasteiger charge is 2.44. The van der Waals surface area contributed by atoms with E-state index in [1.165, 1.54) is 25.7 Å². The van der Waals surface area contributed by atoms with E-state index in [9.17, 15) is 19.8 Å². The standard InChI is InChI=1S/C48H64N6O4/c1-3-31-29-53-25-21-33(31)27-41(53)47(57)37-19-23-49-45-35(37)13-11-15-39(45)51-43(55)17-9-7-5-6-8-10-18-44(56)52-40-16-12-14-36-38(20-24-50-46(36)40)48(58)42-28-34-22-26-54(42)30-32(34)4-2/h11-16,19-20,23-24,31-34,41-42,47-48,57-58H,3-10,17-18,21-22,25-30H2,1-2H3,(H,51,55)(H,52,56)/t31-,32+,33-,34+,41-,42-,47?,48?/m0/s1. The third-order valence-electron chi connectivity index (χ3n) is 14.5. The summed E-state index contributed by atoms with van der Waals surface area (Å²) in [5.74, 6) is 2.80. The van der Waals surface area contributed by atoms with Crippen molar-refractivity contribution in [3.05, 3.63) is 72.1 Å². The Hall–Kier alpha value is -3.96. The van der Waals surface area contributed by atoms with Gasteiger partial charge >= 0.3 is 0 Å². The van der Waals surface area contributed by atoms with Crippen LogP contribution < -0.4 is 10.6 Å². The van der Waals surface area contributed by atoms with E-state index in [2.05, 4.69) is 44.2 Å². The van der Waals surface area contributed by atoms with Crippen LogP contribution in [0.5, 0.6) is 0 Å². The summed E-state index contributed by atoms with van der Waals surface area (Å²) in [6.07, 6.45) is 15.7. The number of aliphatic hydroxyl groups excluding tert-OH is 2. The number of pyridine rings is 2. The number of anilines is 2. The molecule has 4 aromatic rings. The monoisotopic (exact) mass is 788 g/mol. The first-order valence-corrected chi connectivity index (χ1v) is 22.5. The predicted molar refractivity (Wildman–Crippen MR) is 231 cm³/mol. The number of fused-ring (bicyclic) bond motifs is 8. The Kier molecular flexibility index (Phi) is 13.0. The van der Waals surface area contributed by atoms with Gasteiger partial charge in [0.2, 0.25) is 11.8 Å². The molecule has 6 aliphatic heterocycles. The third kappa shape index (κ3) is 8.67. The molecule has 4 unspecified atom stereocenters. The fraction of sp³-hybridized carbons (Fsp3) is 0.583. The van der Waals surface area contributed by atoms with Gasteiger partial charge in [-0.05, 0) is 111 Å². The van der Waals surface area contributed by atoms with Crippen LogP contribution >= 0.6 is 0 Å². The minimum atomic E-state index is -0.587. The lowest BCUT2D eigenvalue weighted by molar-refractivity contribution is -0.117. The van der Waals surface area contributed by atoms with E-state index >= 15 is 0 Å².